The first kappa shape index (κ1) is 17.3. The molecule has 1 aromatic rings. The molecule has 1 aromatic carbocycles. The van der Waals surface area contributed by atoms with Gasteiger partial charge < -0.3 is 4.90 Å². The van der Waals surface area contributed by atoms with Gasteiger partial charge in [0, 0.05) is 13.1 Å². The molecule has 0 saturated carbocycles. The van der Waals surface area contributed by atoms with Crippen LogP contribution >= 0.6 is 0 Å². The van der Waals surface area contributed by atoms with Gasteiger partial charge in [-0.25, -0.2) is 14.3 Å². The number of benzene rings is 1. The molecule has 0 spiro atoms. The predicted octanol–water partition coefficient (Wildman–Crippen LogP) is 1.26. The lowest BCUT2D eigenvalue weighted by molar-refractivity contribution is 0.174. The van der Waals surface area contributed by atoms with Gasteiger partial charge >= 0.3 is 0 Å². The minimum Gasteiger partial charge on any atom is -0.303 e. The van der Waals surface area contributed by atoms with Gasteiger partial charge in [-0.3, -0.25) is 0 Å². The highest BCUT2D eigenvalue weighted by Crippen LogP contribution is 2.16. The molecular formula is C15H24FN3O2S. The van der Waals surface area contributed by atoms with Crippen molar-refractivity contribution >= 4 is 10.2 Å². The minimum absolute atomic E-state index is 0.190. The second-order valence-corrected chi connectivity index (χ2v) is 7.31. The van der Waals surface area contributed by atoms with E-state index < -0.39 is 10.2 Å². The molecular weight excluding hydrogens is 305 g/mol. The normalized spacial score (nSPS) is 20.2. The number of aryl methyl sites for hydroxylation is 1. The van der Waals surface area contributed by atoms with E-state index in [0.29, 0.717) is 12.5 Å². The van der Waals surface area contributed by atoms with E-state index in [9.17, 15) is 12.8 Å². The van der Waals surface area contributed by atoms with Gasteiger partial charge in [-0.15, -0.1) is 0 Å². The standard InChI is InChI=1S/C15H24FN3O2S/c16-15-7-1-4-13(10-15)5-2-8-19-9-3-6-14(12-19)11-18-22(17,20)21/h1,4,7,10,14,18H,2-3,5-6,8-9,11-12H2,(H2,17,20,21)/t14-/m1/s1. The van der Waals surface area contributed by atoms with Crippen molar-refractivity contribution in [3.05, 3.63) is 35.6 Å². The molecule has 0 bridgehead atoms. The number of hydrogen-bond acceptors (Lipinski definition) is 3. The average molecular weight is 329 g/mol. The Balaban J connectivity index is 1.71. The largest absolute Gasteiger partial charge is 0.303 e. The smallest absolute Gasteiger partial charge is 0.274 e. The molecule has 2 rings (SSSR count). The molecule has 1 aliphatic rings. The van der Waals surface area contributed by atoms with Crippen LogP contribution in [0, 0.1) is 11.7 Å². The molecule has 0 aromatic heterocycles. The summed E-state index contributed by atoms with van der Waals surface area (Å²) < 4.78 is 37.4. The Morgan fingerprint density at radius 1 is 1.41 bits per heavy atom. The molecule has 5 nitrogen and oxygen atoms in total. The van der Waals surface area contributed by atoms with Gasteiger partial charge in [-0.1, -0.05) is 12.1 Å². The number of nitrogens with two attached hydrogens (primary N) is 1. The SMILES string of the molecule is NS(=O)(=O)NC[C@H]1CCCN(CCCc2cccc(F)c2)C1. The van der Waals surface area contributed by atoms with Gasteiger partial charge in [0.15, 0.2) is 0 Å². The van der Waals surface area contributed by atoms with E-state index in [1.54, 1.807) is 12.1 Å². The van der Waals surface area contributed by atoms with Crippen molar-refractivity contribution in [2.24, 2.45) is 11.1 Å². The molecule has 1 heterocycles. The summed E-state index contributed by atoms with van der Waals surface area (Å²) in [7, 11) is -3.60. The van der Waals surface area contributed by atoms with Crippen LogP contribution in [0.25, 0.3) is 0 Å². The zero-order chi connectivity index (χ0) is 16.0. The van der Waals surface area contributed by atoms with Crippen LogP contribution in [0.4, 0.5) is 4.39 Å². The monoisotopic (exact) mass is 329 g/mol. The van der Waals surface area contributed by atoms with Crippen molar-refractivity contribution in [1.82, 2.24) is 9.62 Å². The molecule has 7 heteroatoms. The highest BCUT2D eigenvalue weighted by atomic mass is 32.2. The Hall–Kier alpha value is -1.02. The summed E-state index contributed by atoms with van der Waals surface area (Å²) in [6, 6.07) is 6.71. The van der Waals surface area contributed by atoms with Crippen LogP contribution in [0.2, 0.25) is 0 Å². The van der Waals surface area contributed by atoms with Crippen LogP contribution in [-0.4, -0.2) is 39.5 Å². The number of hydrogen-bond donors (Lipinski definition) is 2. The summed E-state index contributed by atoms with van der Waals surface area (Å²) in [4.78, 5) is 2.35. The van der Waals surface area contributed by atoms with Crippen molar-refractivity contribution in [2.45, 2.75) is 25.7 Å². The summed E-state index contributed by atoms with van der Waals surface area (Å²) in [5.41, 5.74) is 1.02. The Labute approximate surface area is 131 Å². The number of halogens is 1. The third kappa shape index (κ3) is 6.39. The third-order valence-electron chi connectivity index (χ3n) is 4.01. The zero-order valence-corrected chi connectivity index (χ0v) is 13.5. The maximum Gasteiger partial charge on any atom is 0.274 e. The van der Waals surface area contributed by atoms with E-state index in [1.807, 2.05) is 6.07 Å². The fourth-order valence-corrected chi connectivity index (χ4v) is 3.42. The van der Waals surface area contributed by atoms with Crippen molar-refractivity contribution in [3.63, 3.8) is 0 Å². The first-order valence-corrected chi connectivity index (χ1v) is 9.21. The van der Waals surface area contributed by atoms with Crippen molar-refractivity contribution in [1.29, 1.82) is 0 Å². The molecule has 1 aliphatic heterocycles. The maximum atomic E-state index is 13.1. The summed E-state index contributed by atoms with van der Waals surface area (Å²) >= 11 is 0. The van der Waals surface area contributed by atoms with E-state index >= 15 is 0 Å². The highest BCUT2D eigenvalue weighted by molar-refractivity contribution is 7.87. The topological polar surface area (TPSA) is 75.4 Å². The molecule has 22 heavy (non-hydrogen) atoms. The minimum atomic E-state index is -3.60. The van der Waals surface area contributed by atoms with E-state index in [0.717, 1.165) is 50.9 Å². The number of rotatable bonds is 7. The number of piperidine rings is 1. The van der Waals surface area contributed by atoms with E-state index in [-0.39, 0.29) is 5.82 Å². The van der Waals surface area contributed by atoms with Crippen LogP contribution in [0.5, 0.6) is 0 Å². The number of nitrogens with zero attached hydrogens (tertiary/aromatic N) is 1. The Morgan fingerprint density at radius 2 is 2.23 bits per heavy atom. The molecule has 3 N–H and O–H groups in total. The quantitative estimate of drug-likeness (QED) is 0.791. The molecule has 124 valence electrons. The Morgan fingerprint density at radius 3 is 2.95 bits per heavy atom. The maximum absolute atomic E-state index is 13.1. The summed E-state index contributed by atoms with van der Waals surface area (Å²) in [6.07, 6.45) is 3.91. The van der Waals surface area contributed by atoms with Crippen LogP contribution in [0.1, 0.15) is 24.8 Å². The fourth-order valence-electron chi connectivity index (χ4n) is 2.95. The Bertz CT molecular complexity index is 580. The third-order valence-corrected chi connectivity index (χ3v) is 4.57. The summed E-state index contributed by atoms with van der Waals surface area (Å²) in [6.45, 7) is 3.27. The zero-order valence-electron chi connectivity index (χ0n) is 12.7. The highest BCUT2D eigenvalue weighted by Gasteiger charge is 2.20. The first-order chi connectivity index (χ1) is 10.4. The van der Waals surface area contributed by atoms with E-state index in [4.69, 9.17) is 5.14 Å². The summed E-state index contributed by atoms with van der Waals surface area (Å²) in [5.74, 6) is 0.117. The van der Waals surface area contributed by atoms with Crippen LogP contribution in [0.3, 0.4) is 0 Å². The predicted molar refractivity (Wildman–Crippen MR) is 85.0 cm³/mol. The van der Waals surface area contributed by atoms with Crippen LogP contribution in [0.15, 0.2) is 24.3 Å². The Kier molecular flexibility index (Phi) is 6.31. The molecule has 0 unspecified atom stereocenters. The lowest BCUT2D eigenvalue weighted by Crippen LogP contribution is -2.42. The molecule has 0 amide bonds. The van der Waals surface area contributed by atoms with Crippen molar-refractivity contribution in [3.8, 4) is 0 Å². The van der Waals surface area contributed by atoms with E-state index in [2.05, 4.69) is 9.62 Å². The van der Waals surface area contributed by atoms with Gasteiger partial charge in [-0.2, -0.15) is 8.42 Å². The van der Waals surface area contributed by atoms with Gasteiger partial charge in [0.25, 0.3) is 10.2 Å². The first-order valence-electron chi connectivity index (χ1n) is 7.66. The van der Waals surface area contributed by atoms with Crippen molar-refractivity contribution < 1.29 is 12.8 Å². The van der Waals surface area contributed by atoms with E-state index in [1.165, 1.54) is 6.07 Å². The van der Waals surface area contributed by atoms with Crippen LogP contribution < -0.4 is 9.86 Å². The molecule has 1 fully saturated rings. The molecule has 0 aliphatic carbocycles. The molecule has 1 atom stereocenters. The summed E-state index contributed by atoms with van der Waals surface area (Å²) in [5, 5.41) is 4.96. The van der Waals surface area contributed by atoms with Gasteiger partial charge in [-0.05, 0) is 62.4 Å². The molecule has 0 radical (unpaired) electrons. The lowest BCUT2D eigenvalue weighted by atomic mass is 9.98. The lowest BCUT2D eigenvalue weighted by Gasteiger charge is -2.32. The average Bonchev–Trinajstić information content (AvgIpc) is 2.45. The van der Waals surface area contributed by atoms with Gasteiger partial charge in [0.2, 0.25) is 0 Å². The fraction of sp³-hybridized carbons (Fsp3) is 0.600. The van der Waals surface area contributed by atoms with Gasteiger partial charge in [0.1, 0.15) is 5.82 Å². The number of likely N-dealkylation sites (tertiary alicyclic amines) is 1. The second kappa shape index (κ2) is 8.01. The van der Waals surface area contributed by atoms with Crippen LogP contribution in [-0.2, 0) is 16.6 Å². The van der Waals surface area contributed by atoms with Crippen molar-refractivity contribution in [2.75, 3.05) is 26.2 Å². The number of nitrogens with one attached hydrogen (secondary N) is 1. The molecule has 1 saturated heterocycles. The van der Waals surface area contributed by atoms with Gasteiger partial charge in [0.05, 0.1) is 0 Å². The second-order valence-electron chi connectivity index (χ2n) is 5.94.